The Morgan fingerprint density at radius 3 is 2.68 bits per heavy atom. The molecular formula is C17H23FN2O2. The Morgan fingerprint density at radius 1 is 1.32 bits per heavy atom. The van der Waals surface area contributed by atoms with E-state index in [1.165, 1.54) is 12.1 Å². The minimum atomic E-state index is -1.14. The molecule has 120 valence electrons. The highest BCUT2D eigenvalue weighted by atomic mass is 19.1. The molecule has 2 fully saturated rings. The summed E-state index contributed by atoms with van der Waals surface area (Å²) in [6.45, 7) is 2.36. The van der Waals surface area contributed by atoms with Gasteiger partial charge in [-0.3, -0.25) is 4.79 Å². The maximum atomic E-state index is 13.0. The van der Waals surface area contributed by atoms with Crippen molar-refractivity contribution in [3.8, 4) is 0 Å². The summed E-state index contributed by atoms with van der Waals surface area (Å²) < 4.78 is 13.0. The standard InChI is InChI=1S/C17H23FN2O2/c18-14-3-5-15(6-4-14)20-10-7-13(12-20)11-19-16(21)17(22)8-1-2-9-17/h3-6,13,22H,1-2,7-12H2,(H,19,21). The molecule has 1 aromatic rings. The normalized spacial score (nSPS) is 23.7. The molecule has 1 atom stereocenters. The van der Waals surface area contributed by atoms with Crippen LogP contribution in [0.2, 0.25) is 0 Å². The number of benzene rings is 1. The molecule has 1 saturated heterocycles. The number of aliphatic hydroxyl groups is 1. The number of anilines is 1. The topological polar surface area (TPSA) is 52.6 Å². The van der Waals surface area contributed by atoms with Gasteiger partial charge in [0.05, 0.1) is 0 Å². The molecule has 0 bridgehead atoms. The van der Waals surface area contributed by atoms with E-state index in [-0.39, 0.29) is 11.7 Å². The van der Waals surface area contributed by atoms with Crippen LogP contribution < -0.4 is 10.2 Å². The van der Waals surface area contributed by atoms with E-state index in [9.17, 15) is 14.3 Å². The molecule has 1 amide bonds. The van der Waals surface area contributed by atoms with Crippen LogP contribution in [-0.2, 0) is 4.79 Å². The molecule has 5 heteroatoms. The Morgan fingerprint density at radius 2 is 2.00 bits per heavy atom. The predicted octanol–water partition coefficient (Wildman–Crippen LogP) is 2.07. The summed E-state index contributed by atoms with van der Waals surface area (Å²) in [5.74, 6) is -0.0687. The summed E-state index contributed by atoms with van der Waals surface area (Å²) in [4.78, 5) is 14.3. The Hall–Kier alpha value is -1.62. The molecule has 0 radical (unpaired) electrons. The highest BCUT2D eigenvalue weighted by molar-refractivity contribution is 5.85. The van der Waals surface area contributed by atoms with E-state index in [4.69, 9.17) is 0 Å². The van der Waals surface area contributed by atoms with Gasteiger partial charge in [0.2, 0.25) is 0 Å². The van der Waals surface area contributed by atoms with Gasteiger partial charge in [0.1, 0.15) is 11.4 Å². The maximum Gasteiger partial charge on any atom is 0.251 e. The second-order valence-electron chi connectivity index (χ2n) is 6.53. The number of amides is 1. The number of nitrogens with zero attached hydrogens (tertiary/aromatic N) is 1. The number of hydrogen-bond acceptors (Lipinski definition) is 3. The lowest BCUT2D eigenvalue weighted by Crippen LogP contribution is -2.46. The zero-order valence-electron chi connectivity index (χ0n) is 12.7. The third kappa shape index (κ3) is 3.24. The second kappa shape index (κ2) is 6.24. The zero-order valence-corrected chi connectivity index (χ0v) is 12.7. The van der Waals surface area contributed by atoms with E-state index in [2.05, 4.69) is 10.2 Å². The fraction of sp³-hybridized carbons (Fsp3) is 0.588. The van der Waals surface area contributed by atoms with Gasteiger partial charge in [0.15, 0.2) is 0 Å². The SMILES string of the molecule is O=C(NCC1CCN(c2ccc(F)cc2)C1)C1(O)CCCC1. The fourth-order valence-corrected chi connectivity index (χ4v) is 3.47. The van der Waals surface area contributed by atoms with Gasteiger partial charge in [-0.05, 0) is 62.3 Å². The van der Waals surface area contributed by atoms with Crippen molar-refractivity contribution in [3.05, 3.63) is 30.1 Å². The summed E-state index contributed by atoms with van der Waals surface area (Å²) in [5, 5.41) is 13.1. The summed E-state index contributed by atoms with van der Waals surface area (Å²) in [5.41, 5.74) is -0.125. The lowest BCUT2D eigenvalue weighted by Gasteiger charge is -2.23. The van der Waals surface area contributed by atoms with Crippen LogP contribution >= 0.6 is 0 Å². The minimum Gasteiger partial charge on any atom is -0.380 e. The summed E-state index contributed by atoms with van der Waals surface area (Å²) >= 11 is 0. The zero-order chi connectivity index (χ0) is 15.6. The highest BCUT2D eigenvalue weighted by Gasteiger charge is 2.39. The van der Waals surface area contributed by atoms with Gasteiger partial charge in [-0.1, -0.05) is 0 Å². The highest BCUT2D eigenvalue weighted by Crippen LogP contribution is 2.30. The number of rotatable bonds is 4. The first-order chi connectivity index (χ1) is 10.6. The third-order valence-electron chi connectivity index (χ3n) is 4.88. The predicted molar refractivity (Wildman–Crippen MR) is 83.1 cm³/mol. The Balaban J connectivity index is 1.49. The lowest BCUT2D eigenvalue weighted by molar-refractivity contribution is -0.139. The Bertz CT molecular complexity index is 526. The van der Waals surface area contributed by atoms with Gasteiger partial charge >= 0.3 is 0 Å². The molecule has 1 saturated carbocycles. The van der Waals surface area contributed by atoms with Crippen LogP contribution in [0, 0.1) is 11.7 Å². The van der Waals surface area contributed by atoms with Crippen LogP contribution in [0.15, 0.2) is 24.3 Å². The molecular weight excluding hydrogens is 283 g/mol. The lowest BCUT2D eigenvalue weighted by atomic mass is 10.0. The van der Waals surface area contributed by atoms with E-state index in [0.717, 1.165) is 38.0 Å². The van der Waals surface area contributed by atoms with Gasteiger partial charge in [0.25, 0.3) is 5.91 Å². The van der Waals surface area contributed by atoms with Crippen molar-refractivity contribution < 1.29 is 14.3 Å². The van der Waals surface area contributed by atoms with E-state index in [1.54, 1.807) is 12.1 Å². The van der Waals surface area contributed by atoms with E-state index < -0.39 is 5.60 Å². The van der Waals surface area contributed by atoms with Crippen molar-refractivity contribution in [2.45, 2.75) is 37.7 Å². The molecule has 3 rings (SSSR count). The van der Waals surface area contributed by atoms with E-state index >= 15 is 0 Å². The van der Waals surface area contributed by atoms with Crippen molar-refractivity contribution >= 4 is 11.6 Å². The first-order valence-electron chi connectivity index (χ1n) is 8.08. The molecule has 2 N–H and O–H groups in total. The average Bonchev–Trinajstić information content (AvgIpc) is 3.15. The van der Waals surface area contributed by atoms with Crippen molar-refractivity contribution in [1.29, 1.82) is 0 Å². The van der Waals surface area contributed by atoms with Gasteiger partial charge in [0, 0.05) is 25.3 Å². The van der Waals surface area contributed by atoms with Crippen LogP contribution in [0.3, 0.4) is 0 Å². The number of hydrogen-bond donors (Lipinski definition) is 2. The molecule has 1 aromatic carbocycles. The van der Waals surface area contributed by atoms with Crippen molar-refractivity contribution in [2.24, 2.45) is 5.92 Å². The maximum absolute atomic E-state index is 13.0. The van der Waals surface area contributed by atoms with Crippen LogP contribution in [0.4, 0.5) is 10.1 Å². The second-order valence-corrected chi connectivity index (χ2v) is 6.53. The summed E-state index contributed by atoms with van der Waals surface area (Å²) in [6.07, 6.45) is 3.99. The molecule has 4 nitrogen and oxygen atoms in total. The quantitative estimate of drug-likeness (QED) is 0.895. The van der Waals surface area contributed by atoms with Crippen molar-refractivity contribution in [1.82, 2.24) is 5.32 Å². The summed E-state index contributed by atoms with van der Waals surface area (Å²) in [7, 11) is 0. The van der Waals surface area contributed by atoms with E-state index in [0.29, 0.717) is 25.3 Å². The molecule has 1 aliphatic heterocycles. The van der Waals surface area contributed by atoms with Crippen molar-refractivity contribution in [2.75, 3.05) is 24.5 Å². The Kier molecular flexibility index (Phi) is 4.34. The molecule has 0 aromatic heterocycles. The number of nitrogens with one attached hydrogen (secondary N) is 1. The number of carbonyl (C=O) groups excluding carboxylic acids is 1. The minimum absolute atomic E-state index is 0.217. The third-order valence-corrected chi connectivity index (χ3v) is 4.88. The van der Waals surface area contributed by atoms with Crippen LogP contribution in [0.25, 0.3) is 0 Å². The molecule has 1 aliphatic carbocycles. The van der Waals surface area contributed by atoms with Crippen LogP contribution in [0.1, 0.15) is 32.1 Å². The summed E-state index contributed by atoms with van der Waals surface area (Å²) in [6, 6.07) is 6.52. The number of halogens is 1. The van der Waals surface area contributed by atoms with Gasteiger partial charge in [-0.25, -0.2) is 4.39 Å². The van der Waals surface area contributed by atoms with Crippen LogP contribution in [-0.4, -0.2) is 36.2 Å². The van der Waals surface area contributed by atoms with Crippen LogP contribution in [0.5, 0.6) is 0 Å². The first-order valence-corrected chi connectivity index (χ1v) is 8.08. The molecule has 1 heterocycles. The molecule has 0 spiro atoms. The monoisotopic (exact) mass is 306 g/mol. The van der Waals surface area contributed by atoms with E-state index in [1.807, 2.05) is 0 Å². The molecule has 22 heavy (non-hydrogen) atoms. The molecule has 2 aliphatic rings. The Labute approximate surface area is 130 Å². The van der Waals surface area contributed by atoms with Gasteiger partial charge in [-0.15, -0.1) is 0 Å². The average molecular weight is 306 g/mol. The van der Waals surface area contributed by atoms with Gasteiger partial charge in [-0.2, -0.15) is 0 Å². The molecule has 1 unspecified atom stereocenters. The fourth-order valence-electron chi connectivity index (χ4n) is 3.47. The van der Waals surface area contributed by atoms with Crippen molar-refractivity contribution in [3.63, 3.8) is 0 Å². The first kappa shape index (κ1) is 15.3. The number of carbonyl (C=O) groups is 1. The smallest absolute Gasteiger partial charge is 0.251 e. The largest absolute Gasteiger partial charge is 0.380 e. The van der Waals surface area contributed by atoms with Gasteiger partial charge < -0.3 is 15.3 Å².